The van der Waals surface area contributed by atoms with Crippen molar-refractivity contribution in [3.05, 3.63) is 65.5 Å². The van der Waals surface area contributed by atoms with Crippen LogP contribution in [-0.4, -0.2) is 40.5 Å². The molecule has 33 heavy (non-hydrogen) atoms. The summed E-state index contributed by atoms with van der Waals surface area (Å²) in [6.07, 6.45) is 1.88. The van der Waals surface area contributed by atoms with Gasteiger partial charge in [0.1, 0.15) is 5.82 Å². The maximum Gasteiger partial charge on any atom is 0.251 e. The number of guanidine groups is 1. The number of fused-ring (bicyclic) bond motifs is 1. The minimum absolute atomic E-state index is 0.0321. The van der Waals surface area contributed by atoms with Crippen molar-refractivity contribution in [2.75, 3.05) is 13.1 Å². The van der Waals surface area contributed by atoms with Gasteiger partial charge in [0.2, 0.25) is 0 Å². The maximum atomic E-state index is 12.2. The molecule has 3 rings (SSSR count). The molecule has 0 aliphatic heterocycles. The Balaban J connectivity index is 1.51. The van der Waals surface area contributed by atoms with Gasteiger partial charge in [-0.3, -0.25) is 4.79 Å². The number of para-hydroxylation sites is 2. The molecule has 0 saturated carbocycles. The van der Waals surface area contributed by atoms with E-state index >= 15 is 0 Å². The molecule has 176 valence electrons. The van der Waals surface area contributed by atoms with Crippen molar-refractivity contribution in [3.63, 3.8) is 0 Å². The molecule has 3 N–H and O–H groups in total. The largest absolute Gasteiger partial charge is 0.357 e. The van der Waals surface area contributed by atoms with Crippen LogP contribution in [0.1, 0.15) is 55.4 Å². The van der Waals surface area contributed by atoms with Crippen molar-refractivity contribution >= 4 is 22.9 Å². The molecular formula is C26H36N6O. The highest BCUT2D eigenvalue weighted by molar-refractivity contribution is 5.94. The van der Waals surface area contributed by atoms with Crippen molar-refractivity contribution < 1.29 is 4.79 Å². The average molecular weight is 449 g/mol. The molecule has 1 atom stereocenters. The smallest absolute Gasteiger partial charge is 0.251 e. The van der Waals surface area contributed by atoms with Crippen LogP contribution in [0.2, 0.25) is 0 Å². The molecule has 0 spiro atoms. The maximum absolute atomic E-state index is 12.2. The molecule has 1 heterocycles. The lowest BCUT2D eigenvalue weighted by Gasteiger charge is -2.13. The lowest BCUT2D eigenvalue weighted by molar-refractivity contribution is 0.0939. The monoisotopic (exact) mass is 448 g/mol. The second-order valence-electron chi connectivity index (χ2n) is 8.25. The first-order valence-corrected chi connectivity index (χ1v) is 11.9. The zero-order chi connectivity index (χ0) is 23.6. The SMILES string of the molecule is CCNC(=NCc1ccc(C(=O)NC(C)CC)cc1)NCCCn1c(C)nc2ccccc21. The molecule has 0 bridgehead atoms. The number of nitrogens with zero attached hydrogens (tertiary/aromatic N) is 3. The summed E-state index contributed by atoms with van der Waals surface area (Å²) in [7, 11) is 0. The third-order valence-corrected chi connectivity index (χ3v) is 5.67. The first-order chi connectivity index (χ1) is 16.0. The van der Waals surface area contributed by atoms with Gasteiger partial charge in [0.25, 0.3) is 5.91 Å². The fourth-order valence-electron chi connectivity index (χ4n) is 3.60. The van der Waals surface area contributed by atoms with E-state index in [1.165, 1.54) is 5.52 Å². The molecule has 1 aromatic heterocycles. The number of amides is 1. The Labute approximate surface area is 196 Å². The lowest BCUT2D eigenvalue weighted by atomic mass is 10.1. The van der Waals surface area contributed by atoms with Crippen LogP contribution < -0.4 is 16.0 Å². The van der Waals surface area contributed by atoms with Gasteiger partial charge in [-0.05, 0) is 63.4 Å². The van der Waals surface area contributed by atoms with E-state index in [4.69, 9.17) is 4.99 Å². The number of nitrogens with one attached hydrogen (secondary N) is 3. The molecular weight excluding hydrogens is 412 g/mol. The normalized spacial score (nSPS) is 12.5. The standard InChI is InChI=1S/C26H36N6O/c1-5-19(3)30-25(33)22-14-12-21(13-15-22)18-29-26(27-6-2)28-16-9-17-32-20(4)31-23-10-7-8-11-24(23)32/h7-8,10-15,19H,5-6,9,16-18H2,1-4H3,(H,30,33)(H2,27,28,29). The molecule has 1 amide bonds. The van der Waals surface area contributed by atoms with E-state index < -0.39 is 0 Å². The zero-order valence-electron chi connectivity index (χ0n) is 20.2. The summed E-state index contributed by atoms with van der Waals surface area (Å²) >= 11 is 0. The van der Waals surface area contributed by atoms with Gasteiger partial charge in [0, 0.05) is 31.2 Å². The van der Waals surface area contributed by atoms with Gasteiger partial charge in [-0.2, -0.15) is 0 Å². The number of benzene rings is 2. The summed E-state index contributed by atoms with van der Waals surface area (Å²) in [5.41, 5.74) is 3.96. The second kappa shape index (κ2) is 12.0. The molecule has 0 radical (unpaired) electrons. The highest BCUT2D eigenvalue weighted by atomic mass is 16.1. The molecule has 1 unspecified atom stereocenters. The number of aryl methyl sites for hydroxylation is 2. The molecule has 3 aromatic rings. The van der Waals surface area contributed by atoms with Gasteiger partial charge in [0.15, 0.2) is 5.96 Å². The van der Waals surface area contributed by atoms with Crippen molar-refractivity contribution in [2.24, 2.45) is 4.99 Å². The van der Waals surface area contributed by atoms with Crippen molar-refractivity contribution in [1.82, 2.24) is 25.5 Å². The van der Waals surface area contributed by atoms with E-state index in [9.17, 15) is 4.79 Å². The van der Waals surface area contributed by atoms with Crippen LogP contribution in [0, 0.1) is 6.92 Å². The Morgan fingerprint density at radius 2 is 1.85 bits per heavy atom. The third kappa shape index (κ3) is 6.81. The number of hydrogen-bond donors (Lipinski definition) is 3. The first kappa shape index (κ1) is 24.3. The molecule has 7 nitrogen and oxygen atoms in total. The predicted octanol–water partition coefficient (Wildman–Crippen LogP) is 4.02. The summed E-state index contributed by atoms with van der Waals surface area (Å²) in [5.74, 6) is 1.80. The highest BCUT2D eigenvalue weighted by Gasteiger charge is 2.09. The quantitative estimate of drug-likeness (QED) is 0.249. The molecule has 2 aromatic carbocycles. The van der Waals surface area contributed by atoms with Crippen LogP contribution in [0.3, 0.4) is 0 Å². The second-order valence-corrected chi connectivity index (χ2v) is 8.25. The van der Waals surface area contributed by atoms with Crippen molar-refractivity contribution in [1.29, 1.82) is 0 Å². The fraction of sp³-hybridized carbons (Fsp3) is 0.423. The minimum Gasteiger partial charge on any atom is -0.357 e. The Morgan fingerprint density at radius 3 is 2.58 bits per heavy atom. The predicted molar refractivity (Wildman–Crippen MR) is 136 cm³/mol. The van der Waals surface area contributed by atoms with Crippen LogP contribution in [0.15, 0.2) is 53.5 Å². The number of imidazole rings is 1. The number of hydrogen-bond acceptors (Lipinski definition) is 3. The van der Waals surface area contributed by atoms with E-state index in [-0.39, 0.29) is 11.9 Å². The Kier molecular flexibility index (Phi) is 8.87. The number of rotatable bonds is 10. The van der Waals surface area contributed by atoms with Crippen LogP contribution in [0.5, 0.6) is 0 Å². The Bertz CT molecular complexity index is 1070. The molecule has 0 saturated heterocycles. The van der Waals surface area contributed by atoms with E-state index in [1.54, 1.807) is 0 Å². The number of carbonyl (C=O) groups excluding carboxylic acids is 1. The van der Waals surface area contributed by atoms with Crippen LogP contribution in [0.4, 0.5) is 0 Å². The number of carbonyl (C=O) groups is 1. The van der Waals surface area contributed by atoms with Gasteiger partial charge >= 0.3 is 0 Å². The van der Waals surface area contributed by atoms with Crippen molar-refractivity contribution in [3.8, 4) is 0 Å². The minimum atomic E-state index is -0.0321. The summed E-state index contributed by atoms with van der Waals surface area (Å²) in [4.78, 5) is 21.6. The zero-order valence-corrected chi connectivity index (χ0v) is 20.2. The van der Waals surface area contributed by atoms with Gasteiger partial charge in [0.05, 0.1) is 17.6 Å². The number of aliphatic imine (C=N–C) groups is 1. The van der Waals surface area contributed by atoms with E-state index in [2.05, 4.69) is 64.5 Å². The summed E-state index contributed by atoms with van der Waals surface area (Å²) in [6, 6.07) is 16.1. The molecule has 0 aliphatic rings. The van der Waals surface area contributed by atoms with Gasteiger partial charge in [-0.25, -0.2) is 9.98 Å². The summed E-state index contributed by atoms with van der Waals surface area (Å²) in [6.45, 7) is 11.2. The summed E-state index contributed by atoms with van der Waals surface area (Å²) < 4.78 is 2.26. The lowest BCUT2D eigenvalue weighted by Crippen LogP contribution is -2.38. The van der Waals surface area contributed by atoms with Gasteiger partial charge in [-0.1, -0.05) is 31.2 Å². The van der Waals surface area contributed by atoms with E-state index in [0.717, 1.165) is 55.3 Å². The van der Waals surface area contributed by atoms with Gasteiger partial charge in [-0.15, -0.1) is 0 Å². The van der Waals surface area contributed by atoms with Crippen LogP contribution >= 0.6 is 0 Å². The number of aromatic nitrogens is 2. The summed E-state index contributed by atoms with van der Waals surface area (Å²) in [5, 5.41) is 9.71. The molecule has 0 fully saturated rings. The Hall–Kier alpha value is -3.35. The fourth-order valence-corrected chi connectivity index (χ4v) is 3.60. The topological polar surface area (TPSA) is 83.3 Å². The molecule has 0 aliphatic carbocycles. The van der Waals surface area contributed by atoms with E-state index in [0.29, 0.717) is 12.1 Å². The van der Waals surface area contributed by atoms with Crippen molar-refractivity contribution in [2.45, 2.75) is 59.7 Å². The first-order valence-electron chi connectivity index (χ1n) is 11.9. The van der Waals surface area contributed by atoms with Crippen LogP contribution in [-0.2, 0) is 13.1 Å². The molecule has 7 heteroatoms. The van der Waals surface area contributed by atoms with Crippen LogP contribution in [0.25, 0.3) is 11.0 Å². The van der Waals surface area contributed by atoms with E-state index in [1.807, 2.05) is 37.3 Å². The highest BCUT2D eigenvalue weighted by Crippen LogP contribution is 2.15. The average Bonchev–Trinajstić information content (AvgIpc) is 3.15. The van der Waals surface area contributed by atoms with Gasteiger partial charge < -0.3 is 20.5 Å². The third-order valence-electron chi connectivity index (χ3n) is 5.67. The Morgan fingerprint density at radius 1 is 1.09 bits per heavy atom.